The molecule has 0 radical (unpaired) electrons. The molecule has 0 aromatic carbocycles. The lowest BCUT2D eigenvalue weighted by Gasteiger charge is -2.39. The third-order valence-electron chi connectivity index (χ3n) is 4.90. The van der Waals surface area contributed by atoms with Gasteiger partial charge in [-0.25, -0.2) is 4.98 Å². The zero-order valence-electron chi connectivity index (χ0n) is 13.0. The predicted molar refractivity (Wildman–Crippen MR) is 88.7 cm³/mol. The molecule has 120 valence electrons. The minimum atomic E-state index is 0.284. The van der Waals surface area contributed by atoms with Crippen molar-refractivity contribution in [1.29, 1.82) is 0 Å². The molecule has 0 N–H and O–H groups in total. The van der Waals surface area contributed by atoms with Gasteiger partial charge >= 0.3 is 0 Å². The zero-order valence-corrected chi connectivity index (χ0v) is 13.8. The number of thiazole rings is 1. The van der Waals surface area contributed by atoms with Crippen LogP contribution in [0, 0.1) is 0 Å². The van der Waals surface area contributed by atoms with Crippen LogP contribution in [0.4, 0.5) is 0 Å². The van der Waals surface area contributed by atoms with Crippen LogP contribution in [0.25, 0.3) is 0 Å². The van der Waals surface area contributed by atoms with Crippen molar-refractivity contribution in [2.75, 3.05) is 6.54 Å². The van der Waals surface area contributed by atoms with Gasteiger partial charge in [0.1, 0.15) is 5.01 Å². The first-order valence-electron chi connectivity index (χ1n) is 8.12. The van der Waals surface area contributed by atoms with Gasteiger partial charge in [-0.15, -0.1) is 11.3 Å². The normalized spacial score (nSPS) is 24.9. The number of carbonyl (C=O) groups is 1. The van der Waals surface area contributed by atoms with Gasteiger partial charge in [-0.2, -0.15) is 0 Å². The molecule has 0 aliphatic carbocycles. The Balaban J connectivity index is 1.49. The first kappa shape index (κ1) is 14.8. The molecule has 5 nitrogen and oxygen atoms in total. The molecular formula is C17H20N4OS. The summed E-state index contributed by atoms with van der Waals surface area (Å²) in [7, 11) is 0. The van der Waals surface area contributed by atoms with E-state index in [1.165, 1.54) is 5.01 Å². The molecule has 2 aromatic rings. The van der Waals surface area contributed by atoms with Crippen molar-refractivity contribution in [3.8, 4) is 0 Å². The second-order valence-electron chi connectivity index (χ2n) is 6.24. The van der Waals surface area contributed by atoms with Crippen LogP contribution in [0.2, 0.25) is 0 Å². The highest BCUT2D eigenvalue weighted by molar-refractivity contribution is 7.09. The number of pyridine rings is 1. The number of likely N-dealkylation sites (tertiary alicyclic amines) is 2. The van der Waals surface area contributed by atoms with Crippen molar-refractivity contribution in [2.24, 2.45) is 0 Å². The third kappa shape index (κ3) is 3.01. The summed E-state index contributed by atoms with van der Waals surface area (Å²) in [5, 5.41) is 3.20. The van der Waals surface area contributed by atoms with E-state index in [-0.39, 0.29) is 5.91 Å². The number of amides is 1. The number of rotatable bonds is 4. The third-order valence-corrected chi connectivity index (χ3v) is 5.66. The number of piperidine rings is 1. The van der Waals surface area contributed by atoms with E-state index in [0.717, 1.165) is 31.5 Å². The maximum Gasteiger partial charge on any atom is 0.223 e. The first-order chi connectivity index (χ1) is 11.3. The van der Waals surface area contributed by atoms with Crippen LogP contribution in [-0.4, -0.2) is 44.3 Å². The average molecular weight is 328 g/mol. The van der Waals surface area contributed by atoms with Crippen LogP contribution in [0.5, 0.6) is 0 Å². The molecule has 2 aliphatic heterocycles. The monoisotopic (exact) mass is 328 g/mol. The lowest BCUT2D eigenvalue weighted by atomic mass is 9.95. The van der Waals surface area contributed by atoms with Crippen LogP contribution < -0.4 is 0 Å². The summed E-state index contributed by atoms with van der Waals surface area (Å²) < 4.78 is 0. The van der Waals surface area contributed by atoms with Gasteiger partial charge in [0.2, 0.25) is 5.91 Å². The largest absolute Gasteiger partial charge is 0.334 e. The highest BCUT2D eigenvalue weighted by atomic mass is 32.1. The highest BCUT2D eigenvalue weighted by Crippen LogP contribution is 2.33. The van der Waals surface area contributed by atoms with E-state index in [4.69, 9.17) is 0 Å². The maximum absolute atomic E-state index is 12.4. The van der Waals surface area contributed by atoms with Crippen molar-refractivity contribution in [1.82, 2.24) is 19.8 Å². The Labute approximate surface area is 140 Å². The molecule has 2 aromatic heterocycles. The first-order valence-corrected chi connectivity index (χ1v) is 9.00. The zero-order chi connectivity index (χ0) is 15.6. The topological polar surface area (TPSA) is 49.3 Å². The summed E-state index contributed by atoms with van der Waals surface area (Å²) in [5.74, 6) is 0.284. The van der Waals surface area contributed by atoms with Crippen LogP contribution in [-0.2, 0) is 17.9 Å². The molecule has 4 heterocycles. The molecule has 2 atom stereocenters. The molecule has 0 unspecified atom stereocenters. The fourth-order valence-corrected chi connectivity index (χ4v) is 4.47. The van der Waals surface area contributed by atoms with E-state index in [9.17, 15) is 4.79 Å². The average Bonchev–Trinajstić information content (AvgIpc) is 3.22. The van der Waals surface area contributed by atoms with Gasteiger partial charge in [0.15, 0.2) is 0 Å². The standard InChI is InChI=1S/C17H20N4OS/c22-17-4-3-14-15(21(17)11-13-2-1-6-18-10-13)5-8-20(14)12-16-19-7-9-23-16/h1-2,6-7,9-10,14-15H,3-5,8,11-12H2/t14-,15-/m0/s1. The predicted octanol–water partition coefficient (Wildman–Crippen LogP) is 2.30. The minimum Gasteiger partial charge on any atom is -0.334 e. The van der Waals surface area contributed by atoms with E-state index in [0.29, 0.717) is 25.0 Å². The SMILES string of the molecule is O=C1CC[C@H]2[C@H](CCN2Cc2nccs2)N1Cc1cccnc1. The molecule has 0 spiro atoms. The smallest absolute Gasteiger partial charge is 0.223 e. The van der Waals surface area contributed by atoms with E-state index in [2.05, 4.69) is 19.8 Å². The number of hydrogen-bond acceptors (Lipinski definition) is 5. The van der Waals surface area contributed by atoms with Gasteiger partial charge in [0, 0.05) is 55.6 Å². The second-order valence-corrected chi connectivity index (χ2v) is 7.22. The number of aromatic nitrogens is 2. The quantitative estimate of drug-likeness (QED) is 0.864. The molecular weight excluding hydrogens is 308 g/mol. The Hall–Kier alpha value is -1.79. The van der Waals surface area contributed by atoms with Gasteiger partial charge in [-0.05, 0) is 24.5 Å². The lowest BCUT2D eigenvalue weighted by molar-refractivity contribution is -0.138. The molecule has 2 fully saturated rings. The number of hydrogen-bond donors (Lipinski definition) is 0. The number of carbonyl (C=O) groups excluding carboxylic acids is 1. The van der Waals surface area contributed by atoms with Gasteiger partial charge in [-0.1, -0.05) is 6.07 Å². The molecule has 1 amide bonds. The molecule has 23 heavy (non-hydrogen) atoms. The summed E-state index contributed by atoms with van der Waals surface area (Å²) >= 11 is 1.71. The van der Waals surface area contributed by atoms with Crippen LogP contribution in [0.1, 0.15) is 29.8 Å². The van der Waals surface area contributed by atoms with Gasteiger partial charge in [0.25, 0.3) is 0 Å². The fourth-order valence-electron chi connectivity index (χ4n) is 3.83. The summed E-state index contributed by atoms with van der Waals surface area (Å²) in [6.45, 7) is 2.64. The summed E-state index contributed by atoms with van der Waals surface area (Å²) in [4.78, 5) is 25.6. The Kier molecular flexibility index (Phi) is 4.10. The van der Waals surface area contributed by atoms with E-state index in [1.54, 1.807) is 17.5 Å². The summed E-state index contributed by atoms with van der Waals surface area (Å²) in [6, 6.07) is 4.78. The van der Waals surface area contributed by atoms with E-state index < -0.39 is 0 Å². The van der Waals surface area contributed by atoms with Crippen molar-refractivity contribution in [2.45, 2.75) is 44.4 Å². The van der Waals surface area contributed by atoms with Crippen LogP contribution >= 0.6 is 11.3 Å². The molecule has 0 bridgehead atoms. The number of fused-ring (bicyclic) bond motifs is 1. The van der Waals surface area contributed by atoms with Crippen molar-refractivity contribution in [3.63, 3.8) is 0 Å². The Morgan fingerprint density at radius 2 is 2.17 bits per heavy atom. The minimum absolute atomic E-state index is 0.284. The van der Waals surface area contributed by atoms with Crippen molar-refractivity contribution >= 4 is 17.2 Å². The van der Waals surface area contributed by atoms with Crippen molar-refractivity contribution < 1.29 is 4.79 Å². The van der Waals surface area contributed by atoms with Crippen LogP contribution in [0.3, 0.4) is 0 Å². The summed E-state index contributed by atoms with van der Waals surface area (Å²) in [6.07, 6.45) is 8.18. The Morgan fingerprint density at radius 3 is 2.96 bits per heavy atom. The van der Waals surface area contributed by atoms with E-state index >= 15 is 0 Å². The molecule has 2 saturated heterocycles. The van der Waals surface area contributed by atoms with Crippen molar-refractivity contribution in [3.05, 3.63) is 46.7 Å². The number of nitrogens with zero attached hydrogens (tertiary/aromatic N) is 4. The lowest BCUT2D eigenvalue weighted by Crippen LogP contribution is -2.51. The highest BCUT2D eigenvalue weighted by Gasteiger charge is 2.42. The Morgan fingerprint density at radius 1 is 1.22 bits per heavy atom. The van der Waals surface area contributed by atoms with Gasteiger partial charge in [0.05, 0.1) is 6.54 Å². The molecule has 2 aliphatic rings. The molecule has 0 saturated carbocycles. The Bertz CT molecular complexity index is 660. The van der Waals surface area contributed by atoms with Gasteiger partial charge in [-0.3, -0.25) is 14.7 Å². The summed E-state index contributed by atoms with van der Waals surface area (Å²) in [5.41, 5.74) is 1.11. The second kappa shape index (κ2) is 6.37. The maximum atomic E-state index is 12.4. The fraction of sp³-hybridized carbons (Fsp3) is 0.471. The van der Waals surface area contributed by atoms with E-state index in [1.807, 2.05) is 29.9 Å². The molecule has 6 heteroatoms. The van der Waals surface area contributed by atoms with Gasteiger partial charge < -0.3 is 4.90 Å². The molecule has 4 rings (SSSR count). The van der Waals surface area contributed by atoms with Crippen LogP contribution in [0.15, 0.2) is 36.1 Å².